The summed E-state index contributed by atoms with van der Waals surface area (Å²) >= 11 is 1.07. The van der Waals surface area contributed by atoms with Gasteiger partial charge in [0.2, 0.25) is 11.7 Å². The van der Waals surface area contributed by atoms with Crippen LogP contribution in [-0.2, 0) is 11.2 Å². The number of nitrogens with one attached hydrogen (secondary N) is 2. The number of rotatable bonds is 4. The molecule has 154 valence electrons. The molecule has 30 heavy (non-hydrogen) atoms. The van der Waals surface area contributed by atoms with E-state index in [1.807, 2.05) is 31.2 Å². The van der Waals surface area contributed by atoms with E-state index in [0.717, 1.165) is 33.5 Å². The molecule has 2 aromatic heterocycles. The van der Waals surface area contributed by atoms with Crippen molar-refractivity contribution in [2.45, 2.75) is 13.3 Å². The van der Waals surface area contributed by atoms with Crippen LogP contribution in [0.3, 0.4) is 0 Å². The minimum Gasteiger partial charge on any atom is -0.358 e. The zero-order valence-electron chi connectivity index (χ0n) is 15.2. The first-order valence-corrected chi connectivity index (χ1v) is 9.49. The summed E-state index contributed by atoms with van der Waals surface area (Å²) in [5, 5.41) is 5.08. The van der Waals surface area contributed by atoms with Gasteiger partial charge >= 0.3 is 0 Å². The highest BCUT2D eigenvalue weighted by molar-refractivity contribution is 7.14. The van der Waals surface area contributed by atoms with E-state index in [4.69, 9.17) is 0 Å². The quantitative estimate of drug-likeness (QED) is 0.253. The predicted octanol–water partition coefficient (Wildman–Crippen LogP) is 5.48. The molecular weight excluding hydrogens is 425 g/mol. The third-order valence-electron chi connectivity index (χ3n) is 4.54. The number of H-pyrrole nitrogens is 1. The lowest BCUT2D eigenvalue weighted by Crippen LogP contribution is -2.18. The Hall–Kier alpha value is -3.27. The number of aromatic nitrogens is 2. The zero-order chi connectivity index (χ0) is 21.6. The molecule has 4 nitrogen and oxygen atoms in total. The molecule has 0 aliphatic rings. The number of carbonyl (C=O) groups is 1. The molecule has 0 radical (unpaired) electrons. The van der Waals surface area contributed by atoms with E-state index in [-0.39, 0.29) is 5.13 Å². The smallest absolute Gasteiger partial charge is 0.230 e. The van der Waals surface area contributed by atoms with E-state index in [1.54, 1.807) is 5.38 Å². The fourth-order valence-corrected chi connectivity index (χ4v) is 3.90. The second kappa shape index (κ2) is 7.52. The van der Waals surface area contributed by atoms with Gasteiger partial charge in [-0.3, -0.25) is 4.79 Å². The Morgan fingerprint density at radius 3 is 2.37 bits per heavy atom. The van der Waals surface area contributed by atoms with Crippen molar-refractivity contribution >= 4 is 33.3 Å². The van der Waals surface area contributed by atoms with Gasteiger partial charge in [-0.2, -0.15) is 0 Å². The summed E-state index contributed by atoms with van der Waals surface area (Å²) in [7, 11) is 0. The van der Waals surface area contributed by atoms with Crippen LogP contribution in [0, 0.1) is 36.0 Å². The molecule has 0 unspecified atom stereocenters. The maximum absolute atomic E-state index is 13.8. The maximum atomic E-state index is 13.8. The summed E-state index contributed by atoms with van der Waals surface area (Å²) in [5.41, 5.74) is 1.98. The van der Waals surface area contributed by atoms with Crippen LogP contribution in [0.2, 0.25) is 0 Å². The number of thiazole rings is 1. The number of hydrogen-bond donors (Lipinski definition) is 2. The molecule has 0 fully saturated rings. The number of aryl methyl sites for hydroxylation is 1. The SMILES string of the molecule is Cc1[nH]c2ccccc2c1-c1csc(NC(=O)Cc2c(F)c(F)c(F)c(F)c2F)n1. The number of para-hydroxylation sites is 1. The molecule has 0 spiro atoms. The van der Waals surface area contributed by atoms with Gasteiger partial charge in [0, 0.05) is 33.1 Å². The second-order valence-corrected chi connectivity index (χ2v) is 7.34. The second-order valence-electron chi connectivity index (χ2n) is 6.48. The van der Waals surface area contributed by atoms with Crippen molar-refractivity contribution in [1.29, 1.82) is 0 Å². The van der Waals surface area contributed by atoms with Crippen LogP contribution in [0.15, 0.2) is 29.6 Å². The first-order valence-electron chi connectivity index (χ1n) is 8.61. The lowest BCUT2D eigenvalue weighted by atomic mass is 10.1. The number of halogens is 5. The van der Waals surface area contributed by atoms with Crippen LogP contribution >= 0.6 is 11.3 Å². The fraction of sp³-hybridized carbons (Fsp3) is 0.100. The van der Waals surface area contributed by atoms with Crippen molar-refractivity contribution in [1.82, 2.24) is 9.97 Å². The summed E-state index contributed by atoms with van der Waals surface area (Å²) in [6.45, 7) is 1.87. The lowest BCUT2D eigenvalue weighted by molar-refractivity contribution is -0.115. The van der Waals surface area contributed by atoms with Crippen molar-refractivity contribution in [3.63, 3.8) is 0 Å². The molecule has 0 atom stereocenters. The Balaban J connectivity index is 1.58. The van der Waals surface area contributed by atoms with Crippen LogP contribution in [-0.4, -0.2) is 15.9 Å². The summed E-state index contributed by atoms with van der Waals surface area (Å²) in [6, 6.07) is 7.58. The maximum Gasteiger partial charge on any atom is 0.230 e. The minimum atomic E-state index is -2.27. The topological polar surface area (TPSA) is 57.8 Å². The van der Waals surface area contributed by atoms with Crippen LogP contribution in [0.4, 0.5) is 27.1 Å². The molecule has 0 saturated carbocycles. The lowest BCUT2D eigenvalue weighted by Gasteiger charge is -2.07. The van der Waals surface area contributed by atoms with Gasteiger partial charge in [-0.15, -0.1) is 11.3 Å². The first kappa shape index (κ1) is 20.0. The average Bonchev–Trinajstić information content (AvgIpc) is 3.30. The third-order valence-corrected chi connectivity index (χ3v) is 5.30. The highest BCUT2D eigenvalue weighted by atomic mass is 32.1. The van der Waals surface area contributed by atoms with Crippen LogP contribution < -0.4 is 5.32 Å². The van der Waals surface area contributed by atoms with Gasteiger partial charge in [0.25, 0.3) is 0 Å². The van der Waals surface area contributed by atoms with E-state index in [2.05, 4.69) is 15.3 Å². The Morgan fingerprint density at radius 2 is 1.67 bits per heavy atom. The van der Waals surface area contributed by atoms with Crippen LogP contribution in [0.25, 0.3) is 22.2 Å². The van der Waals surface area contributed by atoms with Crippen molar-refractivity contribution in [2.24, 2.45) is 0 Å². The standard InChI is InChI=1S/C20H12F5N3OS/c1-8-14(9-4-2-3-5-11(9)26-8)12-7-30-20(27-12)28-13(29)6-10-15(21)17(23)19(25)18(24)16(10)22/h2-5,7,26H,6H2,1H3,(H,27,28,29). The number of fused-ring (bicyclic) bond motifs is 1. The molecule has 1 amide bonds. The minimum absolute atomic E-state index is 0.128. The molecule has 0 aliphatic carbocycles. The highest BCUT2D eigenvalue weighted by Crippen LogP contribution is 2.34. The number of anilines is 1. The van der Waals surface area contributed by atoms with Crippen LogP contribution in [0.5, 0.6) is 0 Å². The number of benzene rings is 2. The third kappa shape index (κ3) is 3.32. The monoisotopic (exact) mass is 437 g/mol. The Morgan fingerprint density at radius 1 is 1.03 bits per heavy atom. The number of aromatic amines is 1. The van der Waals surface area contributed by atoms with Crippen molar-refractivity contribution in [3.8, 4) is 11.3 Å². The highest BCUT2D eigenvalue weighted by Gasteiger charge is 2.27. The summed E-state index contributed by atoms with van der Waals surface area (Å²) in [6.07, 6.45) is -1.03. The molecule has 0 aliphatic heterocycles. The van der Waals surface area contributed by atoms with E-state index in [9.17, 15) is 26.7 Å². The van der Waals surface area contributed by atoms with Crippen molar-refractivity contribution < 1.29 is 26.7 Å². The van der Waals surface area contributed by atoms with Gasteiger partial charge in [0.05, 0.1) is 12.1 Å². The van der Waals surface area contributed by atoms with Crippen molar-refractivity contribution in [3.05, 3.63) is 70.0 Å². The number of carbonyl (C=O) groups excluding carboxylic acids is 1. The van der Waals surface area contributed by atoms with Gasteiger partial charge in [0.1, 0.15) is 0 Å². The van der Waals surface area contributed by atoms with E-state index < -0.39 is 47.0 Å². The Labute approximate surface area is 170 Å². The largest absolute Gasteiger partial charge is 0.358 e. The molecule has 4 rings (SSSR count). The van der Waals surface area contributed by atoms with Gasteiger partial charge < -0.3 is 10.3 Å². The fourth-order valence-electron chi connectivity index (χ4n) is 3.18. The zero-order valence-corrected chi connectivity index (χ0v) is 16.1. The summed E-state index contributed by atoms with van der Waals surface area (Å²) in [4.78, 5) is 19.7. The molecular formula is C20H12F5N3OS. The molecule has 0 saturated heterocycles. The number of amides is 1. The van der Waals surface area contributed by atoms with E-state index >= 15 is 0 Å². The van der Waals surface area contributed by atoms with Gasteiger partial charge in [-0.1, -0.05) is 18.2 Å². The average molecular weight is 437 g/mol. The predicted molar refractivity (Wildman–Crippen MR) is 103 cm³/mol. The van der Waals surface area contributed by atoms with Gasteiger partial charge in [-0.25, -0.2) is 26.9 Å². The van der Waals surface area contributed by atoms with Gasteiger partial charge in [0.15, 0.2) is 28.4 Å². The molecule has 4 aromatic rings. The number of nitrogens with zero attached hydrogens (tertiary/aromatic N) is 1. The van der Waals surface area contributed by atoms with E-state index in [0.29, 0.717) is 5.69 Å². The Kier molecular flexibility index (Phi) is 5.02. The normalized spacial score (nSPS) is 11.3. The molecule has 2 N–H and O–H groups in total. The van der Waals surface area contributed by atoms with Gasteiger partial charge in [-0.05, 0) is 13.0 Å². The molecule has 2 aromatic carbocycles. The summed E-state index contributed by atoms with van der Waals surface area (Å²) in [5.74, 6) is -11.5. The van der Waals surface area contributed by atoms with E-state index in [1.165, 1.54) is 0 Å². The Bertz CT molecular complexity index is 1270. The molecule has 2 heterocycles. The summed E-state index contributed by atoms with van der Waals surface area (Å²) < 4.78 is 67.3. The van der Waals surface area contributed by atoms with Crippen molar-refractivity contribution in [2.75, 3.05) is 5.32 Å². The first-order chi connectivity index (χ1) is 14.3. The van der Waals surface area contributed by atoms with Crippen LogP contribution in [0.1, 0.15) is 11.3 Å². The molecule has 0 bridgehead atoms. The molecule has 10 heteroatoms. The number of hydrogen-bond acceptors (Lipinski definition) is 3.